The Morgan fingerprint density at radius 2 is 1.81 bits per heavy atom. The van der Waals surface area contributed by atoms with Gasteiger partial charge in [0.15, 0.2) is 11.5 Å². The van der Waals surface area contributed by atoms with Crippen LogP contribution in [0.3, 0.4) is 0 Å². The smallest absolute Gasteiger partial charge is 0.251 e. The van der Waals surface area contributed by atoms with E-state index >= 15 is 0 Å². The molecule has 1 unspecified atom stereocenters. The van der Waals surface area contributed by atoms with Crippen molar-refractivity contribution in [1.29, 1.82) is 0 Å². The summed E-state index contributed by atoms with van der Waals surface area (Å²) in [5.74, 6) is 1.93. The Balaban J connectivity index is 1.73. The van der Waals surface area contributed by atoms with Gasteiger partial charge < -0.3 is 24.3 Å². The van der Waals surface area contributed by atoms with Crippen molar-refractivity contribution in [3.8, 4) is 17.2 Å². The van der Waals surface area contributed by atoms with Crippen molar-refractivity contribution in [3.63, 3.8) is 0 Å². The number of amides is 1. The Kier molecular flexibility index (Phi) is 9.19. The first-order chi connectivity index (χ1) is 15.7. The lowest BCUT2D eigenvalue weighted by Crippen LogP contribution is -2.43. The minimum absolute atomic E-state index is 0.0484. The van der Waals surface area contributed by atoms with Crippen LogP contribution in [0.5, 0.6) is 17.2 Å². The highest BCUT2D eigenvalue weighted by atomic mass is 16.5. The number of benzene rings is 2. The number of hydrogen-bond donors (Lipinski definition) is 1. The number of nitrogens with one attached hydrogen (secondary N) is 1. The van der Waals surface area contributed by atoms with Gasteiger partial charge in [-0.2, -0.15) is 0 Å². The number of morpholine rings is 1. The lowest BCUT2D eigenvalue weighted by molar-refractivity contribution is 0.0162. The molecule has 174 valence electrons. The number of rotatable bonds is 11. The molecule has 0 bridgehead atoms. The van der Waals surface area contributed by atoms with E-state index in [1.165, 1.54) is 0 Å². The van der Waals surface area contributed by atoms with Crippen molar-refractivity contribution in [2.24, 2.45) is 0 Å². The molecule has 2 aromatic carbocycles. The minimum Gasteiger partial charge on any atom is -0.497 e. The molecule has 0 aromatic heterocycles. The quantitative estimate of drug-likeness (QED) is 0.573. The van der Waals surface area contributed by atoms with Crippen LogP contribution in [0.25, 0.3) is 0 Å². The number of carbonyl (C=O) groups excluding carboxylic acids is 1. The minimum atomic E-state index is -0.139. The zero-order valence-corrected chi connectivity index (χ0v) is 19.3. The first kappa shape index (κ1) is 23.9. The van der Waals surface area contributed by atoms with Crippen LogP contribution in [0.15, 0.2) is 42.5 Å². The number of methoxy groups -OCH3 is 1. The summed E-state index contributed by atoms with van der Waals surface area (Å²) in [7, 11) is 1.66. The van der Waals surface area contributed by atoms with Crippen LogP contribution in [0, 0.1) is 0 Å². The summed E-state index contributed by atoms with van der Waals surface area (Å²) in [6, 6.07) is 13.4. The molecule has 0 spiro atoms. The third kappa shape index (κ3) is 6.37. The standard InChI is InChI=1S/C25H34N2O5/c1-4-14-32-23-11-8-20(17-24(23)31-5-2)25(28)26-18-22(27-12-15-30-16-13-27)19-6-9-21(29-3)10-7-19/h6-11,17,22H,4-5,12-16,18H2,1-3H3,(H,26,28). The van der Waals surface area contributed by atoms with Gasteiger partial charge in [0.2, 0.25) is 0 Å². The molecular weight excluding hydrogens is 408 g/mol. The Hall–Kier alpha value is -2.77. The SMILES string of the molecule is CCCOc1ccc(C(=O)NCC(c2ccc(OC)cc2)N2CCOCC2)cc1OCC. The van der Waals surface area contributed by atoms with Crippen LogP contribution in [0.4, 0.5) is 0 Å². The summed E-state index contributed by atoms with van der Waals surface area (Å²) in [6.07, 6.45) is 0.905. The molecule has 1 amide bonds. The van der Waals surface area contributed by atoms with Crippen molar-refractivity contribution >= 4 is 5.91 Å². The fraction of sp³-hybridized carbons (Fsp3) is 0.480. The van der Waals surface area contributed by atoms with Gasteiger partial charge in [0.25, 0.3) is 5.91 Å². The molecule has 7 nitrogen and oxygen atoms in total. The lowest BCUT2D eigenvalue weighted by Gasteiger charge is -2.35. The van der Waals surface area contributed by atoms with Crippen molar-refractivity contribution in [2.45, 2.75) is 26.3 Å². The summed E-state index contributed by atoms with van der Waals surface area (Å²) in [6.45, 7) is 8.60. The predicted molar refractivity (Wildman–Crippen MR) is 124 cm³/mol. The fourth-order valence-corrected chi connectivity index (χ4v) is 3.71. The summed E-state index contributed by atoms with van der Waals surface area (Å²) >= 11 is 0. The van der Waals surface area contributed by atoms with E-state index < -0.39 is 0 Å². The van der Waals surface area contributed by atoms with Gasteiger partial charge in [-0.05, 0) is 49.2 Å². The molecule has 7 heteroatoms. The highest BCUT2D eigenvalue weighted by Crippen LogP contribution is 2.29. The maximum absolute atomic E-state index is 13.0. The Labute approximate surface area is 190 Å². The van der Waals surface area contributed by atoms with Gasteiger partial charge >= 0.3 is 0 Å². The van der Waals surface area contributed by atoms with Gasteiger partial charge in [-0.1, -0.05) is 19.1 Å². The highest BCUT2D eigenvalue weighted by molar-refractivity contribution is 5.94. The second-order valence-electron chi connectivity index (χ2n) is 7.59. The molecule has 1 aliphatic rings. The number of hydrogen-bond acceptors (Lipinski definition) is 6. The van der Waals surface area contributed by atoms with Crippen LogP contribution in [0.1, 0.15) is 42.2 Å². The van der Waals surface area contributed by atoms with Crippen LogP contribution in [0.2, 0.25) is 0 Å². The molecule has 1 N–H and O–H groups in total. The van der Waals surface area contributed by atoms with Crippen LogP contribution < -0.4 is 19.5 Å². The Bertz CT molecular complexity index is 850. The molecule has 3 rings (SSSR count). The van der Waals surface area contributed by atoms with Gasteiger partial charge in [-0.25, -0.2) is 0 Å². The van der Waals surface area contributed by atoms with Gasteiger partial charge in [0.1, 0.15) is 5.75 Å². The summed E-state index contributed by atoms with van der Waals surface area (Å²) < 4.78 is 22.2. The Morgan fingerprint density at radius 1 is 1.06 bits per heavy atom. The third-order valence-corrected chi connectivity index (χ3v) is 5.41. The number of ether oxygens (including phenoxy) is 4. The molecule has 0 radical (unpaired) electrons. The molecule has 0 aliphatic carbocycles. The van der Waals surface area contributed by atoms with Gasteiger partial charge in [0, 0.05) is 25.2 Å². The summed E-state index contributed by atoms with van der Waals surface area (Å²) in [5, 5.41) is 3.11. The topological polar surface area (TPSA) is 69.3 Å². The molecule has 1 heterocycles. The second-order valence-corrected chi connectivity index (χ2v) is 7.59. The molecule has 0 saturated carbocycles. The normalized spacial score (nSPS) is 15.1. The first-order valence-corrected chi connectivity index (χ1v) is 11.3. The van der Waals surface area contributed by atoms with E-state index in [0.29, 0.717) is 50.0 Å². The van der Waals surface area contributed by atoms with Gasteiger partial charge in [-0.3, -0.25) is 9.69 Å². The van der Waals surface area contributed by atoms with Crippen molar-refractivity contribution in [1.82, 2.24) is 10.2 Å². The van der Waals surface area contributed by atoms with Crippen molar-refractivity contribution < 1.29 is 23.7 Å². The van der Waals surface area contributed by atoms with E-state index in [9.17, 15) is 4.79 Å². The maximum atomic E-state index is 13.0. The summed E-state index contributed by atoms with van der Waals surface area (Å²) in [5.41, 5.74) is 1.68. The monoisotopic (exact) mass is 442 g/mol. The van der Waals surface area contributed by atoms with E-state index in [1.807, 2.05) is 19.1 Å². The van der Waals surface area contributed by atoms with Gasteiger partial charge in [0.05, 0.1) is 39.6 Å². The largest absolute Gasteiger partial charge is 0.497 e. The number of carbonyl (C=O) groups is 1. The zero-order valence-electron chi connectivity index (χ0n) is 19.3. The summed E-state index contributed by atoms with van der Waals surface area (Å²) in [4.78, 5) is 15.3. The van der Waals surface area contributed by atoms with Crippen molar-refractivity contribution in [2.75, 3.05) is 53.2 Å². The average Bonchev–Trinajstić information content (AvgIpc) is 2.84. The molecular formula is C25H34N2O5. The molecule has 1 fully saturated rings. The van der Waals surface area contributed by atoms with E-state index in [2.05, 4.69) is 29.3 Å². The first-order valence-electron chi connectivity index (χ1n) is 11.3. The van der Waals surface area contributed by atoms with Crippen LogP contribution in [-0.4, -0.2) is 64.0 Å². The maximum Gasteiger partial charge on any atom is 0.251 e. The third-order valence-electron chi connectivity index (χ3n) is 5.41. The molecule has 1 atom stereocenters. The van der Waals surface area contributed by atoms with E-state index in [0.717, 1.165) is 30.8 Å². The van der Waals surface area contributed by atoms with E-state index in [1.54, 1.807) is 25.3 Å². The van der Waals surface area contributed by atoms with Crippen LogP contribution >= 0.6 is 0 Å². The molecule has 1 aliphatic heterocycles. The van der Waals surface area contributed by atoms with Gasteiger partial charge in [-0.15, -0.1) is 0 Å². The fourth-order valence-electron chi connectivity index (χ4n) is 3.71. The highest BCUT2D eigenvalue weighted by Gasteiger charge is 2.24. The molecule has 32 heavy (non-hydrogen) atoms. The Morgan fingerprint density at radius 3 is 2.47 bits per heavy atom. The molecule has 2 aromatic rings. The predicted octanol–water partition coefficient (Wildman–Crippen LogP) is 3.69. The zero-order chi connectivity index (χ0) is 22.8. The average molecular weight is 443 g/mol. The van der Waals surface area contributed by atoms with Crippen molar-refractivity contribution in [3.05, 3.63) is 53.6 Å². The van der Waals surface area contributed by atoms with Crippen LogP contribution in [-0.2, 0) is 4.74 Å². The molecule has 1 saturated heterocycles. The van der Waals surface area contributed by atoms with E-state index in [-0.39, 0.29) is 11.9 Å². The lowest BCUT2D eigenvalue weighted by atomic mass is 10.0. The van der Waals surface area contributed by atoms with E-state index in [4.69, 9.17) is 18.9 Å². The second kappa shape index (κ2) is 12.3. The number of nitrogens with zero attached hydrogens (tertiary/aromatic N) is 1.